The molecule has 0 aliphatic rings. The van der Waals surface area contributed by atoms with Gasteiger partial charge in [0.1, 0.15) is 0 Å². The summed E-state index contributed by atoms with van der Waals surface area (Å²) in [7, 11) is -3.90. The van der Waals surface area contributed by atoms with Crippen LogP contribution in [0.2, 0.25) is 0 Å². The number of carbonyl (C=O) groups is 1. The van der Waals surface area contributed by atoms with Gasteiger partial charge in [-0.15, -0.1) is 0 Å². The van der Waals surface area contributed by atoms with Crippen LogP contribution in [0.3, 0.4) is 0 Å². The van der Waals surface area contributed by atoms with Gasteiger partial charge in [-0.3, -0.25) is 10.6 Å². The molecule has 1 rings (SSSR count). The molecule has 0 bridgehead atoms. The van der Waals surface area contributed by atoms with Gasteiger partial charge in [-0.1, -0.05) is 13.8 Å². The molecule has 0 atom stereocenters. The van der Waals surface area contributed by atoms with Crippen LogP contribution in [0.4, 0.5) is 5.69 Å². The molecule has 9 heteroatoms. The van der Waals surface area contributed by atoms with Crippen molar-refractivity contribution in [3.63, 3.8) is 0 Å². The lowest BCUT2D eigenvalue weighted by atomic mass is 10.2. The van der Waals surface area contributed by atoms with E-state index in [-0.39, 0.29) is 17.3 Å². The molecule has 1 aromatic rings. The van der Waals surface area contributed by atoms with E-state index < -0.39 is 15.9 Å². The molecular formula is C11H19N5O3S. The lowest BCUT2D eigenvalue weighted by molar-refractivity contribution is -0.120. The zero-order valence-corrected chi connectivity index (χ0v) is 12.2. The Morgan fingerprint density at radius 1 is 1.45 bits per heavy atom. The third-order valence-electron chi connectivity index (χ3n) is 2.31. The Morgan fingerprint density at radius 2 is 2.15 bits per heavy atom. The molecular weight excluding hydrogens is 282 g/mol. The maximum Gasteiger partial charge on any atom is 0.260 e. The van der Waals surface area contributed by atoms with Crippen molar-refractivity contribution in [1.82, 2.24) is 15.0 Å². The Labute approximate surface area is 118 Å². The molecule has 0 fully saturated rings. The fourth-order valence-electron chi connectivity index (χ4n) is 1.32. The van der Waals surface area contributed by atoms with E-state index in [0.717, 1.165) is 0 Å². The van der Waals surface area contributed by atoms with Crippen LogP contribution in [0.25, 0.3) is 0 Å². The molecule has 0 aromatic carbocycles. The minimum atomic E-state index is -3.90. The van der Waals surface area contributed by atoms with Gasteiger partial charge >= 0.3 is 0 Å². The van der Waals surface area contributed by atoms with Gasteiger partial charge < -0.3 is 10.7 Å². The third-order valence-corrected chi connectivity index (χ3v) is 3.67. The quantitative estimate of drug-likeness (QED) is 0.394. The molecule has 1 heterocycles. The van der Waals surface area contributed by atoms with Gasteiger partial charge in [0.25, 0.3) is 10.0 Å². The molecule has 20 heavy (non-hydrogen) atoms. The molecule has 0 aliphatic heterocycles. The molecule has 5 N–H and O–H groups in total. The summed E-state index contributed by atoms with van der Waals surface area (Å²) in [4.78, 5) is 15.2. The number of nitrogens with one attached hydrogen (secondary N) is 3. The molecule has 0 unspecified atom stereocenters. The van der Waals surface area contributed by atoms with Crippen LogP contribution in [0.15, 0.2) is 23.4 Å². The van der Waals surface area contributed by atoms with E-state index >= 15 is 0 Å². The van der Waals surface area contributed by atoms with E-state index in [0.29, 0.717) is 12.5 Å². The first kappa shape index (κ1) is 16.3. The van der Waals surface area contributed by atoms with Gasteiger partial charge in [0, 0.05) is 12.7 Å². The van der Waals surface area contributed by atoms with Crippen LogP contribution in [0, 0.1) is 5.92 Å². The highest BCUT2D eigenvalue weighted by Crippen LogP contribution is 2.15. The van der Waals surface area contributed by atoms with E-state index in [2.05, 4.69) is 20.4 Å². The number of rotatable bonds is 7. The van der Waals surface area contributed by atoms with Crippen molar-refractivity contribution >= 4 is 21.6 Å². The molecule has 0 saturated heterocycles. The summed E-state index contributed by atoms with van der Waals surface area (Å²) >= 11 is 0. The van der Waals surface area contributed by atoms with Crippen molar-refractivity contribution in [3.05, 3.63) is 18.3 Å². The highest BCUT2D eigenvalue weighted by molar-refractivity contribution is 7.89. The predicted molar refractivity (Wildman–Crippen MR) is 75.1 cm³/mol. The SMILES string of the molecule is CC(C)CNC(=O)CNS(=O)(=O)c1ncccc1NN. The Balaban J connectivity index is 2.69. The second kappa shape index (κ2) is 7.17. The zero-order valence-electron chi connectivity index (χ0n) is 11.4. The Morgan fingerprint density at radius 3 is 2.75 bits per heavy atom. The number of hydrazine groups is 1. The summed E-state index contributed by atoms with van der Waals surface area (Å²) in [5.41, 5.74) is 2.40. The van der Waals surface area contributed by atoms with Crippen LogP contribution in [0.1, 0.15) is 13.8 Å². The lowest BCUT2D eigenvalue weighted by Gasteiger charge is -2.10. The molecule has 0 spiro atoms. The van der Waals surface area contributed by atoms with E-state index in [1.54, 1.807) is 6.07 Å². The standard InChI is InChI=1S/C11H19N5O3S/c1-8(2)6-14-10(17)7-15-20(18,19)11-9(16-12)4-3-5-13-11/h3-5,8,15-16H,6-7,12H2,1-2H3,(H,14,17). The van der Waals surface area contributed by atoms with Crippen molar-refractivity contribution in [2.45, 2.75) is 18.9 Å². The lowest BCUT2D eigenvalue weighted by Crippen LogP contribution is -2.38. The number of aromatic nitrogens is 1. The minimum absolute atomic E-state index is 0.155. The topological polar surface area (TPSA) is 126 Å². The number of amides is 1. The second-order valence-electron chi connectivity index (χ2n) is 4.52. The number of nitrogens with zero attached hydrogens (tertiary/aromatic N) is 1. The zero-order chi connectivity index (χ0) is 15.2. The van der Waals surface area contributed by atoms with Crippen molar-refractivity contribution in [3.8, 4) is 0 Å². The minimum Gasteiger partial charge on any atom is -0.355 e. The largest absolute Gasteiger partial charge is 0.355 e. The number of carbonyl (C=O) groups excluding carboxylic acids is 1. The number of nitrogen functional groups attached to an aromatic ring is 1. The van der Waals surface area contributed by atoms with E-state index in [9.17, 15) is 13.2 Å². The van der Waals surface area contributed by atoms with Crippen molar-refractivity contribution in [1.29, 1.82) is 0 Å². The molecule has 1 amide bonds. The molecule has 0 aliphatic carbocycles. The third kappa shape index (κ3) is 4.76. The van der Waals surface area contributed by atoms with Crippen LogP contribution >= 0.6 is 0 Å². The number of sulfonamides is 1. The van der Waals surface area contributed by atoms with Crippen molar-refractivity contribution in [2.24, 2.45) is 11.8 Å². The van der Waals surface area contributed by atoms with Crippen LogP contribution in [-0.4, -0.2) is 32.4 Å². The Bertz CT molecular complexity index is 559. The van der Waals surface area contributed by atoms with E-state index in [4.69, 9.17) is 5.84 Å². The van der Waals surface area contributed by atoms with Gasteiger partial charge in [0.05, 0.1) is 12.2 Å². The number of anilines is 1. The number of hydrogen-bond donors (Lipinski definition) is 4. The highest BCUT2D eigenvalue weighted by atomic mass is 32.2. The molecule has 0 saturated carbocycles. The molecule has 8 nitrogen and oxygen atoms in total. The summed E-state index contributed by atoms with van der Waals surface area (Å²) in [5.74, 6) is 5.11. The first-order chi connectivity index (χ1) is 9.36. The van der Waals surface area contributed by atoms with Crippen LogP contribution in [0.5, 0.6) is 0 Å². The molecule has 112 valence electrons. The molecule has 0 radical (unpaired) electrons. The van der Waals surface area contributed by atoms with E-state index in [1.165, 1.54) is 12.3 Å². The average molecular weight is 301 g/mol. The van der Waals surface area contributed by atoms with Crippen LogP contribution in [-0.2, 0) is 14.8 Å². The smallest absolute Gasteiger partial charge is 0.260 e. The fraction of sp³-hybridized carbons (Fsp3) is 0.455. The van der Waals surface area contributed by atoms with Crippen LogP contribution < -0.4 is 21.3 Å². The maximum absolute atomic E-state index is 12.0. The average Bonchev–Trinajstić information content (AvgIpc) is 2.43. The first-order valence-electron chi connectivity index (χ1n) is 6.05. The van der Waals surface area contributed by atoms with Crippen molar-refractivity contribution in [2.75, 3.05) is 18.5 Å². The number of pyridine rings is 1. The van der Waals surface area contributed by atoms with Gasteiger partial charge in [0.15, 0.2) is 5.03 Å². The fourth-order valence-corrected chi connectivity index (χ4v) is 2.40. The Hall–Kier alpha value is -1.71. The predicted octanol–water partition coefficient (Wildman–Crippen LogP) is -0.582. The van der Waals surface area contributed by atoms with E-state index in [1.807, 2.05) is 13.8 Å². The Kier molecular flexibility index (Phi) is 5.86. The monoisotopic (exact) mass is 301 g/mol. The summed E-state index contributed by atoms with van der Waals surface area (Å²) < 4.78 is 26.2. The number of hydrogen-bond acceptors (Lipinski definition) is 6. The van der Waals surface area contributed by atoms with Gasteiger partial charge in [0.2, 0.25) is 5.91 Å². The normalized spacial score (nSPS) is 11.4. The molecule has 1 aromatic heterocycles. The first-order valence-corrected chi connectivity index (χ1v) is 7.53. The summed E-state index contributed by atoms with van der Waals surface area (Å²) in [5, 5.41) is 2.36. The van der Waals surface area contributed by atoms with Crippen molar-refractivity contribution < 1.29 is 13.2 Å². The summed E-state index contributed by atoms with van der Waals surface area (Å²) in [6.45, 7) is 4.02. The summed E-state index contributed by atoms with van der Waals surface area (Å²) in [6.07, 6.45) is 1.33. The number of nitrogens with two attached hydrogens (primary N) is 1. The highest BCUT2D eigenvalue weighted by Gasteiger charge is 2.20. The second-order valence-corrected chi connectivity index (χ2v) is 6.21. The summed E-state index contributed by atoms with van der Waals surface area (Å²) in [6, 6.07) is 3.02. The van der Waals surface area contributed by atoms with Gasteiger partial charge in [-0.25, -0.2) is 18.1 Å². The van der Waals surface area contributed by atoms with Gasteiger partial charge in [-0.2, -0.15) is 0 Å². The maximum atomic E-state index is 12.0. The van der Waals surface area contributed by atoms with Gasteiger partial charge in [-0.05, 0) is 18.1 Å².